The quantitative estimate of drug-likeness (QED) is 0.865. The summed E-state index contributed by atoms with van der Waals surface area (Å²) in [6.07, 6.45) is 2.30. The van der Waals surface area contributed by atoms with Gasteiger partial charge in [-0.15, -0.1) is 0 Å². The van der Waals surface area contributed by atoms with Crippen LogP contribution in [0.5, 0.6) is 11.5 Å². The average molecular weight is 249 g/mol. The molecule has 0 aromatic heterocycles. The molecular weight excluding hydrogens is 226 g/mol. The average Bonchev–Trinajstić information content (AvgIpc) is 2.39. The molecule has 1 aromatic carbocycles. The number of hydrogen-bond donors (Lipinski definition) is 2. The Morgan fingerprint density at radius 3 is 2.72 bits per heavy atom. The van der Waals surface area contributed by atoms with Crippen LogP contribution in [0.2, 0.25) is 0 Å². The van der Waals surface area contributed by atoms with Crippen LogP contribution in [0.15, 0.2) is 12.1 Å². The molecule has 1 heterocycles. The van der Waals surface area contributed by atoms with E-state index in [2.05, 4.69) is 25.2 Å². The summed E-state index contributed by atoms with van der Waals surface area (Å²) in [7, 11) is 1.61. The van der Waals surface area contributed by atoms with Crippen LogP contribution in [-0.4, -0.2) is 25.3 Å². The summed E-state index contributed by atoms with van der Waals surface area (Å²) in [5, 5.41) is 13.7. The zero-order chi connectivity index (χ0) is 13.1. The zero-order valence-corrected chi connectivity index (χ0v) is 11.5. The lowest BCUT2D eigenvalue weighted by Gasteiger charge is -2.25. The maximum atomic E-state index is 10.3. The Balaban J connectivity index is 2.40. The van der Waals surface area contributed by atoms with Crippen LogP contribution < -0.4 is 10.1 Å². The van der Waals surface area contributed by atoms with E-state index >= 15 is 0 Å². The van der Waals surface area contributed by atoms with Crippen molar-refractivity contribution in [2.45, 2.75) is 38.5 Å². The third-order valence-electron chi connectivity index (χ3n) is 3.75. The van der Waals surface area contributed by atoms with E-state index in [1.807, 2.05) is 6.07 Å². The molecule has 3 nitrogen and oxygen atoms in total. The lowest BCUT2D eigenvalue weighted by molar-refractivity contribution is 0.362. The molecule has 0 saturated carbocycles. The second-order valence-corrected chi connectivity index (χ2v) is 5.36. The highest BCUT2D eigenvalue weighted by molar-refractivity contribution is 5.51. The summed E-state index contributed by atoms with van der Waals surface area (Å²) in [6.45, 7) is 6.35. The van der Waals surface area contributed by atoms with Crippen molar-refractivity contribution in [1.29, 1.82) is 0 Å². The molecule has 0 spiro atoms. The molecule has 2 rings (SSSR count). The SMILES string of the molecule is COc1cc(C(C)C)cc(C2CCCNC2)c1O. The molecule has 1 saturated heterocycles. The summed E-state index contributed by atoms with van der Waals surface area (Å²) in [5.41, 5.74) is 2.26. The van der Waals surface area contributed by atoms with Crippen LogP contribution in [0.4, 0.5) is 0 Å². The Bertz CT molecular complexity index is 409. The fourth-order valence-electron chi connectivity index (χ4n) is 2.57. The van der Waals surface area contributed by atoms with Crippen LogP contribution >= 0.6 is 0 Å². The fourth-order valence-corrected chi connectivity index (χ4v) is 2.57. The van der Waals surface area contributed by atoms with Crippen molar-refractivity contribution >= 4 is 0 Å². The molecule has 1 unspecified atom stereocenters. The van der Waals surface area contributed by atoms with E-state index in [-0.39, 0.29) is 0 Å². The van der Waals surface area contributed by atoms with Crippen LogP contribution in [0, 0.1) is 0 Å². The van der Waals surface area contributed by atoms with Gasteiger partial charge in [-0.3, -0.25) is 0 Å². The molecule has 1 fully saturated rings. The summed E-state index contributed by atoms with van der Waals surface area (Å²) in [4.78, 5) is 0. The minimum atomic E-state index is 0.315. The molecule has 1 aromatic rings. The van der Waals surface area contributed by atoms with Gasteiger partial charge in [-0.2, -0.15) is 0 Å². The smallest absolute Gasteiger partial charge is 0.161 e. The Hall–Kier alpha value is -1.22. The molecule has 100 valence electrons. The number of rotatable bonds is 3. The summed E-state index contributed by atoms with van der Waals surface area (Å²) < 4.78 is 5.30. The first-order valence-electron chi connectivity index (χ1n) is 6.75. The van der Waals surface area contributed by atoms with Gasteiger partial charge >= 0.3 is 0 Å². The van der Waals surface area contributed by atoms with E-state index in [1.54, 1.807) is 7.11 Å². The number of aromatic hydroxyl groups is 1. The van der Waals surface area contributed by atoms with Crippen molar-refractivity contribution in [1.82, 2.24) is 5.32 Å². The van der Waals surface area contributed by atoms with Gasteiger partial charge in [0, 0.05) is 18.0 Å². The van der Waals surface area contributed by atoms with E-state index in [1.165, 1.54) is 12.0 Å². The molecule has 3 heteroatoms. The molecule has 1 aliphatic heterocycles. The van der Waals surface area contributed by atoms with E-state index in [9.17, 15) is 5.11 Å². The Kier molecular flexibility index (Phi) is 4.12. The maximum absolute atomic E-state index is 10.3. The first kappa shape index (κ1) is 13.2. The van der Waals surface area contributed by atoms with Crippen molar-refractivity contribution in [2.24, 2.45) is 0 Å². The first-order valence-corrected chi connectivity index (χ1v) is 6.75. The lowest BCUT2D eigenvalue weighted by Crippen LogP contribution is -2.28. The second kappa shape index (κ2) is 5.61. The zero-order valence-electron chi connectivity index (χ0n) is 11.5. The van der Waals surface area contributed by atoms with Gasteiger partial charge in [0.05, 0.1) is 7.11 Å². The van der Waals surface area contributed by atoms with Crippen molar-refractivity contribution in [3.8, 4) is 11.5 Å². The van der Waals surface area contributed by atoms with E-state index in [0.717, 1.165) is 25.1 Å². The van der Waals surface area contributed by atoms with Crippen molar-refractivity contribution in [3.05, 3.63) is 23.3 Å². The molecule has 2 N–H and O–H groups in total. The number of benzene rings is 1. The largest absolute Gasteiger partial charge is 0.504 e. The van der Waals surface area contributed by atoms with Crippen molar-refractivity contribution in [2.75, 3.05) is 20.2 Å². The number of methoxy groups -OCH3 is 1. The third-order valence-corrected chi connectivity index (χ3v) is 3.75. The van der Waals surface area contributed by atoms with Gasteiger partial charge in [-0.25, -0.2) is 0 Å². The topological polar surface area (TPSA) is 41.5 Å². The van der Waals surface area contributed by atoms with Crippen molar-refractivity contribution < 1.29 is 9.84 Å². The van der Waals surface area contributed by atoms with Crippen LogP contribution in [0.1, 0.15) is 49.7 Å². The predicted octanol–water partition coefficient (Wildman–Crippen LogP) is 2.99. The Morgan fingerprint density at radius 1 is 1.39 bits per heavy atom. The number of hydrogen-bond acceptors (Lipinski definition) is 3. The van der Waals surface area contributed by atoms with Gasteiger partial charge in [-0.1, -0.05) is 19.9 Å². The molecule has 0 bridgehead atoms. The molecular formula is C15H23NO2. The number of nitrogens with one attached hydrogen (secondary N) is 1. The van der Waals surface area contributed by atoms with Crippen LogP contribution in [-0.2, 0) is 0 Å². The van der Waals surface area contributed by atoms with Crippen LogP contribution in [0.25, 0.3) is 0 Å². The fraction of sp³-hybridized carbons (Fsp3) is 0.600. The minimum Gasteiger partial charge on any atom is -0.504 e. The normalized spacial score (nSPS) is 20.1. The number of piperidine rings is 1. The summed E-state index contributed by atoms with van der Waals surface area (Å²) >= 11 is 0. The first-order chi connectivity index (χ1) is 8.63. The summed E-state index contributed by atoms with van der Waals surface area (Å²) in [5.74, 6) is 1.75. The minimum absolute atomic E-state index is 0.315. The Labute approximate surface area is 109 Å². The van der Waals surface area contributed by atoms with Gasteiger partial charge in [-0.05, 0) is 36.9 Å². The maximum Gasteiger partial charge on any atom is 0.161 e. The van der Waals surface area contributed by atoms with Gasteiger partial charge in [0.1, 0.15) is 0 Å². The van der Waals surface area contributed by atoms with Crippen LogP contribution in [0.3, 0.4) is 0 Å². The highest BCUT2D eigenvalue weighted by Gasteiger charge is 2.22. The van der Waals surface area contributed by atoms with E-state index < -0.39 is 0 Å². The Morgan fingerprint density at radius 2 is 2.17 bits per heavy atom. The molecule has 0 amide bonds. The van der Waals surface area contributed by atoms with Gasteiger partial charge < -0.3 is 15.2 Å². The molecule has 1 atom stereocenters. The number of phenolic OH excluding ortho intramolecular Hbond substituents is 1. The molecule has 18 heavy (non-hydrogen) atoms. The molecule has 0 aliphatic carbocycles. The van der Waals surface area contributed by atoms with Gasteiger partial charge in [0.25, 0.3) is 0 Å². The van der Waals surface area contributed by atoms with E-state index in [4.69, 9.17) is 4.74 Å². The number of ether oxygens (including phenoxy) is 1. The highest BCUT2D eigenvalue weighted by atomic mass is 16.5. The van der Waals surface area contributed by atoms with Gasteiger partial charge in [0.15, 0.2) is 11.5 Å². The lowest BCUT2D eigenvalue weighted by atomic mass is 9.88. The number of phenols is 1. The van der Waals surface area contributed by atoms with Crippen molar-refractivity contribution in [3.63, 3.8) is 0 Å². The summed E-state index contributed by atoms with van der Waals surface area (Å²) in [6, 6.07) is 4.08. The molecule has 1 aliphatic rings. The van der Waals surface area contributed by atoms with E-state index in [0.29, 0.717) is 23.3 Å². The second-order valence-electron chi connectivity index (χ2n) is 5.36. The predicted molar refractivity (Wildman–Crippen MR) is 73.6 cm³/mol. The third kappa shape index (κ3) is 2.61. The standard InChI is InChI=1S/C15H23NO2/c1-10(2)12-7-13(11-5-4-6-16-9-11)15(17)14(8-12)18-3/h7-8,10-11,16-17H,4-6,9H2,1-3H3. The molecule has 0 radical (unpaired) electrons. The highest BCUT2D eigenvalue weighted by Crippen LogP contribution is 2.39. The van der Waals surface area contributed by atoms with Gasteiger partial charge in [0.2, 0.25) is 0 Å². The monoisotopic (exact) mass is 249 g/mol.